The number of nitrogens with one attached hydrogen (secondary N) is 2. The molecule has 0 saturated carbocycles. The molecular weight excluding hydrogens is 602 g/mol. The zero-order valence-electron chi connectivity index (χ0n) is 21.1. The minimum absolute atomic E-state index is 0. The van der Waals surface area contributed by atoms with Crippen molar-refractivity contribution < 1.29 is 35.5 Å². The number of fused-ring (bicyclic) bond motifs is 2. The quantitative estimate of drug-likeness (QED) is 0.161. The summed E-state index contributed by atoms with van der Waals surface area (Å²) in [4.78, 5) is 26.2. The molecule has 0 saturated heterocycles. The predicted molar refractivity (Wildman–Crippen MR) is 163 cm³/mol. The second-order valence-corrected chi connectivity index (χ2v) is 12.1. The van der Waals surface area contributed by atoms with Gasteiger partial charge in [0, 0.05) is 16.7 Å². The fourth-order valence-electron chi connectivity index (χ4n) is 4.59. The number of hydrogen-bond donors (Lipinski definition) is 4. The van der Waals surface area contributed by atoms with Gasteiger partial charge in [-0.2, -0.15) is 16.8 Å². The van der Waals surface area contributed by atoms with E-state index in [1.165, 1.54) is 48.5 Å². The van der Waals surface area contributed by atoms with E-state index in [2.05, 4.69) is 10.6 Å². The number of carbonyl (C=O) groups excluding carboxylic acids is 2. The Morgan fingerprint density at radius 1 is 0.571 bits per heavy atom. The Bertz CT molecular complexity index is 1980. The molecule has 4 aromatic carbocycles. The van der Waals surface area contributed by atoms with Gasteiger partial charge in [-0.3, -0.25) is 18.7 Å². The molecule has 0 aromatic heterocycles. The predicted octanol–water partition coefficient (Wildman–Crippen LogP) is 3.76. The van der Waals surface area contributed by atoms with Crippen LogP contribution in [0.15, 0.2) is 82.6 Å². The molecule has 0 unspecified atom stereocenters. The van der Waals surface area contributed by atoms with Crippen LogP contribution in [0.1, 0.15) is 43.0 Å². The van der Waals surface area contributed by atoms with Crippen molar-refractivity contribution in [3.63, 3.8) is 0 Å². The average Bonchev–Trinajstić information content (AvgIpc) is 2.88. The Morgan fingerprint density at radius 2 is 1.02 bits per heavy atom. The summed E-state index contributed by atoms with van der Waals surface area (Å²) < 4.78 is 68.4. The van der Waals surface area contributed by atoms with E-state index in [-0.39, 0.29) is 104 Å². The van der Waals surface area contributed by atoms with Gasteiger partial charge in [0.2, 0.25) is 0 Å². The standard InChI is InChI=1S/C28H22N2O8S2.2Na.2H/c1-15-7-10-20(23(13-15)39(33,34)35)29-22-12-9-19-25(28(32)18-6-4-3-5-17(18)27(19)31)26(22)30-21-11-8-16(2)14-24(21)40(36,37)38;;;;/h3-14,29-30H,1-2H3,(H,33,34,35)(H,36,37,38);;;;. The van der Waals surface area contributed by atoms with Gasteiger partial charge in [-0.1, -0.05) is 36.4 Å². The van der Waals surface area contributed by atoms with Crippen molar-refractivity contribution in [2.75, 3.05) is 10.6 Å². The molecule has 0 amide bonds. The van der Waals surface area contributed by atoms with E-state index in [1.54, 1.807) is 38.1 Å². The summed E-state index contributed by atoms with van der Waals surface area (Å²) in [7, 11) is -9.39. The van der Waals surface area contributed by atoms with E-state index in [0.717, 1.165) is 0 Å². The molecule has 0 spiro atoms. The normalized spacial score (nSPS) is 12.4. The summed E-state index contributed by atoms with van der Waals surface area (Å²) in [6, 6.07) is 17.6. The van der Waals surface area contributed by atoms with Gasteiger partial charge in [0.05, 0.1) is 28.3 Å². The topological polar surface area (TPSA) is 167 Å². The molecular formula is C28H24N2Na2O8S2. The third-order valence-corrected chi connectivity index (χ3v) is 8.24. The molecule has 14 heteroatoms. The summed E-state index contributed by atoms with van der Waals surface area (Å²) in [5, 5.41) is 5.79. The molecule has 0 atom stereocenters. The van der Waals surface area contributed by atoms with E-state index in [9.17, 15) is 35.5 Å². The van der Waals surface area contributed by atoms with Crippen LogP contribution in [-0.4, -0.2) is 96.6 Å². The number of benzene rings is 4. The maximum atomic E-state index is 13.8. The SMILES string of the molecule is Cc1ccc(Nc2ccc3c(c2Nc2ccc(C)cc2S(=O)(=O)O)C(=O)c2ccccc2C3=O)c(S(=O)(=O)O)c1.[NaH].[NaH]. The Kier molecular flexibility index (Phi) is 10.3. The molecule has 4 N–H and O–H groups in total. The summed E-state index contributed by atoms with van der Waals surface area (Å²) in [5.41, 5.74) is 1.29. The Hall–Kier alpha value is -2.36. The molecule has 5 rings (SSSR count). The first kappa shape index (κ1) is 34.1. The monoisotopic (exact) mass is 626 g/mol. The molecule has 4 aromatic rings. The van der Waals surface area contributed by atoms with Crippen molar-refractivity contribution in [1.29, 1.82) is 0 Å². The van der Waals surface area contributed by atoms with Crippen molar-refractivity contribution in [2.24, 2.45) is 0 Å². The first-order chi connectivity index (χ1) is 18.8. The number of carbonyl (C=O) groups is 2. The fraction of sp³-hybridized carbons (Fsp3) is 0.0714. The third-order valence-electron chi connectivity index (χ3n) is 6.45. The summed E-state index contributed by atoms with van der Waals surface area (Å²) in [6.07, 6.45) is 0. The van der Waals surface area contributed by atoms with Crippen molar-refractivity contribution in [3.05, 3.63) is 106 Å². The van der Waals surface area contributed by atoms with Crippen LogP contribution in [-0.2, 0) is 20.2 Å². The van der Waals surface area contributed by atoms with Crippen LogP contribution in [0, 0.1) is 13.8 Å². The van der Waals surface area contributed by atoms with Gasteiger partial charge in [0.15, 0.2) is 11.6 Å². The molecule has 1 aliphatic rings. The van der Waals surface area contributed by atoms with Crippen molar-refractivity contribution >= 4 is 114 Å². The van der Waals surface area contributed by atoms with Crippen molar-refractivity contribution in [1.82, 2.24) is 0 Å². The average molecular weight is 627 g/mol. The minimum atomic E-state index is -4.72. The first-order valence-corrected chi connectivity index (χ1v) is 14.7. The maximum absolute atomic E-state index is 13.8. The van der Waals surface area contributed by atoms with Gasteiger partial charge in [-0.15, -0.1) is 0 Å². The van der Waals surface area contributed by atoms with E-state index in [1.807, 2.05) is 0 Å². The molecule has 0 bridgehead atoms. The van der Waals surface area contributed by atoms with Crippen molar-refractivity contribution in [3.8, 4) is 0 Å². The number of ketones is 2. The Balaban J connectivity index is 0.00000242. The summed E-state index contributed by atoms with van der Waals surface area (Å²) in [6.45, 7) is 3.27. The van der Waals surface area contributed by atoms with Crippen LogP contribution in [0.4, 0.5) is 22.7 Å². The second-order valence-electron chi connectivity index (χ2n) is 9.31. The first-order valence-electron chi connectivity index (χ1n) is 11.8. The van der Waals surface area contributed by atoms with Gasteiger partial charge in [0.25, 0.3) is 20.2 Å². The van der Waals surface area contributed by atoms with Crippen LogP contribution in [0.3, 0.4) is 0 Å². The number of aryl methyl sites for hydroxylation is 2. The van der Waals surface area contributed by atoms with E-state index < -0.39 is 41.6 Å². The van der Waals surface area contributed by atoms with Gasteiger partial charge in [-0.05, 0) is 61.4 Å². The number of anilines is 4. The number of hydrogen-bond acceptors (Lipinski definition) is 8. The van der Waals surface area contributed by atoms with Crippen LogP contribution >= 0.6 is 0 Å². The zero-order valence-corrected chi connectivity index (χ0v) is 22.7. The molecule has 1 aliphatic carbocycles. The van der Waals surface area contributed by atoms with Gasteiger partial charge in [-0.25, -0.2) is 0 Å². The van der Waals surface area contributed by atoms with E-state index in [0.29, 0.717) is 11.1 Å². The second kappa shape index (κ2) is 12.7. The van der Waals surface area contributed by atoms with E-state index in [4.69, 9.17) is 0 Å². The molecule has 0 heterocycles. The van der Waals surface area contributed by atoms with Gasteiger partial charge >= 0.3 is 59.1 Å². The molecule has 0 radical (unpaired) electrons. The zero-order chi connectivity index (χ0) is 29.0. The molecule has 42 heavy (non-hydrogen) atoms. The molecule has 208 valence electrons. The van der Waals surface area contributed by atoms with Crippen LogP contribution in [0.2, 0.25) is 0 Å². The van der Waals surface area contributed by atoms with Crippen LogP contribution < -0.4 is 10.6 Å². The van der Waals surface area contributed by atoms with Gasteiger partial charge in [0.1, 0.15) is 9.79 Å². The van der Waals surface area contributed by atoms with Crippen LogP contribution in [0.5, 0.6) is 0 Å². The van der Waals surface area contributed by atoms with Crippen molar-refractivity contribution in [2.45, 2.75) is 23.6 Å². The Labute approximate surface area is 287 Å². The third kappa shape index (κ3) is 6.58. The van der Waals surface area contributed by atoms with E-state index >= 15 is 0 Å². The summed E-state index contributed by atoms with van der Waals surface area (Å²) >= 11 is 0. The molecule has 10 nitrogen and oxygen atoms in total. The number of rotatable bonds is 6. The fourth-order valence-corrected chi connectivity index (χ4v) is 6.06. The van der Waals surface area contributed by atoms with Gasteiger partial charge < -0.3 is 10.6 Å². The van der Waals surface area contributed by atoms with Crippen LogP contribution in [0.25, 0.3) is 0 Å². The molecule has 0 aliphatic heterocycles. The molecule has 0 fully saturated rings. The Morgan fingerprint density at radius 3 is 1.52 bits per heavy atom. The summed E-state index contributed by atoms with van der Waals surface area (Å²) in [5.74, 6) is -0.969.